The van der Waals surface area contributed by atoms with Gasteiger partial charge < -0.3 is 0 Å². The lowest BCUT2D eigenvalue weighted by atomic mass is 9.75. The maximum absolute atomic E-state index is 12.3. The van der Waals surface area contributed by atoms with E-state index in [1.165, 1.54) is 16.4 Å². The van der Waals surface area contributed by atoms with Gasteiger partial charge in [0, 0.05) is 9.13 Å². The molecule has 1 saturated heterocycles. The maximum Gasteiger partial charge on any atom is 0.176 e. The molecule has 0 unspecified atom stereocenters. The molecule has 0 bridgehead atoms. The van der Waals surface area contributed by atoms with Crippen LogP contribution in [-0.4, -0.2) is 30.3 Å². The number of carbonyl (C=O) groups is 1. The highest BCUT2D eigenvalue weighted by Crippen LogP contribution is 2.34. The number of halogens is 1. The van der Waals surface area contributed by atoms with Crippen molar-refractivity contribution in [3.8, 4) is 0 Å². The Morgan fingerprint density at radius 2 is 1.75 bits per heavy atom. The van der Waals surface area contributed by atoms with Crippen molar-refractivity contribution in [1.82, 2.24) is 4.90 Å². The minimum atomic E-state index is 0.246. The van der Waals surface area contributed by atoms with Crippen molar-refractivity contribution in [3.63, 3.8) is 0 Å². The highest BCUT2D eigenvalue weighted by atomic mass is 127. The monoisotopic (exact) mass is 385 g/mol. The lowest BCUT2D eigenvalue weighted by molar-refractivity contribution is 0.0822. The van der Waals surface area contributed by atoms with E-state index in [2.05, 4.69) is 48.3 Å². The lowest BCUT2D eigenvalue weighted by Crippen LogP contribution is -2.40. The average Bonchev–Trinajstić information content (AvgIpc) is 2.39. The highest BCUT2D eigenvalue weighted by molar-refractivity contribution is 14.1. The molecular formula is C17H24INO. The van der Waals surface area contributed by atoms with E-state index >= 15 is 0 Å². The van der Waals surface area contributed by atoms with Gasteiger partial charge in [-0.05, 0) is 72.0 Å². The molecule has 0 N–H and O–H groups in total. The van der Waals surface area contributed by atoms with Gasteiger partial charge in [0.25, 0.3) is 0 Å². The van der Waals surface area contributed by atoms with Gasteiger partial charge in [-0.1, -0.05) is 32.9 Å². The van der Waals surface area contributed by atoms with Crippen LogP contribution in [-0.2, 0) is 0 Å². The van der Waals surface area contributed by atoms with Gasteiger partial charge in [0.15, 0.2) is 5.78 Å². The van der Waals surface area contributed by atoms with Crippen molar-refractivity contribution in [1.29, 1.82) is 0 Å². The molecule has 0 radical (unpaired) electrons. The van der Waals surface area contributed by atoms with Gasteiger partial charge in [-0.2, -0.15) is 0 Å². The Labute approximate surface area is 136 Å². The summed E-state index contributed by atoms with van der Waals surface area (Å²) < 4.78 is 1.17. The molecule has 1 fully saturated rings. The van der Waals surface area contributed by atoms with Crippen LogP contribution in [0, 0.1) is 14.9 Å². The first kappa shape index (κ1) is 16.0. The normalized spacial score (nSPS) is 18.2. The third kappa shape index (κ3) is 4.29. The number of hydrogen-bond donors (Lipinski definition) is 0. The van der Waals surface area contributed by atoms with Gasteiger partial charge >= 0.3 is 0 Å². The van der Waals surface area contributed by atoms with Crippen molar-refractivity contribution < 1.29 is 4.79 Å². The molecule has 1 aliphatic heterocycles. The summed E-state index contributed by atoms with van der Waals surface area (Å²) in [6.07, 6.45) is 2.42. The molecule has 2 nitrogen and oxygen atoms in total. The smallest absolute Gasteiger partial charge is 0.176 e. The first-order valence-corrected chi connectivity index (χ1v) is 8.45. The topological polar surface area (TPSA) is 20.3 Å². The Bertz CT molecular complexity index is 453. The van der Waals surface area contributed by atoms with Crippen LogP contribution >= 0.6 is 22.6 Å². The van der Waals surface area contributed by atoms with E-state index in [4.69, 9.17) is 0 Å². The SMILES string of the molecule is CC(C)(C)C1CCN(CC(=O)c2ccc(I)cc2)CC1. The number of rotatable bonds is 3. The summed E-state index contributed by atoms with van der Waals surface area (Å²) in [5.74, 6) is 1.03. The maximum atomic E-state index is 12.3. The van der Waals surface area contributed by atoms with E-state index in [1.807, 2.05) is 24.3 Å². The first-order chi connectivity index (χ1) is 9.36. The molecule has 0 aromatic heterocycles. The van der Waals surface area contributed by atoms with Crippen molar-refractivity contribution in [2.45, 2.75) is 33.6 Å². The number of hydrogen-bond acceptors (Lipinski definition) is 2. The molecule has 2 rings (SSSR count). The second kappa shape index (κ2) is 6.56. The Morgan fingerprint density at radius 3 is 2.25 bits per heavy atom. The number of benzene rings is 1. The molecule has 0 amide bonds. The summed E-state index contributed by atoms with van der Waals surface area (Å²) in [4.78, 5) is 14.6. The zero-order chi connectivity index (χ0) is 14.8. The van der Waals surface area contributed by atoms with Crippen LogP contribution in [0.5, 0.6) is 0 Å². The van der Waals surface area contributed by atoms with Crippen molar-refractivity contribution in [2.75, 3.05) is 19.6 Å². The van der Waals surface area contributed by atoms with Crippen molar-refractivity contribution in [2.24, 2.45) is 11.3 Å². The molecule has 0 saturated carbocycles. The molecule has 1 aromatic carbocycles. The van der Waals surface area contributed by atoms with Crippen LogP contribution in [0.3, 0.4) is 0 Å². The van der Waals surface area contributed by atoms with Gasteiger partial charge in [-0.15, -0.1) is 0 Å². The Kier molecular flexibility index (Phi) is 5.24. The Balaban J connectivity index is 1.86. The molecule has 0 spiro atoms. The third-order valence-corrected chi connectivity index (χ3v) is 5.06. The van der Waals surface area contributed by atoms with Gasteiger partial charge in [0.2, 0.25) is 0 Å². The standard InChI is InChI=1S/C17H24INO/c1-17(2,3)14-8-10-19(11-9-14)12-16(20)13-4-6-15(18)7-5-13/h4-7,14H,8-12H2,1-3H3. The van der Waals surface area contributed by atoms with Crippen LogP contribution in [0.25, 0.3) is 0 Å². The van der Waals surface area contributed by atoms with E-state index in [0.29, 0.717) is 12.0 Å². The third-order valence-electron chi connectivity index (χ3n) is 4.35. The van der Waals surface area contributed by atoms with Crippen molar-refractivity contribution >= 4 is 28.4 Å². The molecule has 0 aliphatic carbocycles. The van der Waals surface area contributed by atoms with Gasteiger partial charge in [-0.25, -0.2) is 0 Å². The zero-order valence-electron chi connectivity index (χ0n) is 12.7. The minimum Gasteiger partial charge on any atom is -0.296 e. The summed E-state index contributed by atoms with van der Waals surface area (Å²) in [6, 6.07) is 7.87. The van der Waals surface area contributed by atoms with Gasteiger partial charge in [0.05, 0.1) is 6.54 Å². The Hall–Kier alpha value is -0.420. The van der Waals surface area contributed by atoms with E-state index in [0.717, 1.165) is 24.6 Å². The molecule has 0 atom stereocenters. The fraction of sp³-hybridized carbons (Fsp3) is 0.588. The van der Waals surface area contributed by atoms with Gasteiger partial charge in [-0.3, -0.25) is 9.69 Å². The number of nitrogens with zero attached hydrogens (tertiary/aromatic N) is 1. The largest absolute Gasteiger partial charge is 0.296 e. The highest BCUT2D eigenvalue weighted by Gasteiger charge is 2.29. The number of ketones is 1. The van der Waals surface area contributed by atoms with Crippen molar-refractivity contribution in [3.05, 3.63) is 33.4 Å². The minimum absolute atomic E-state index is 0.246. The van der Waals surface area contributed by atoms with Crippen LogP contribution in [0.1, 0.15) is 44.0 Å². The second-order valence-electron chi connectivity index (χ2n) is 6.85. The summed E-state index contributed by atoms with van der Waals surface area (Å²) in [5.41, 5.74) is 1.23. The quantitative estimate of drug-likeness (QED) is 0.573. The summed E-state index contributed by atoms with van der Waals surface area (Å²) in [5, 5.41) is 0. The fourth-order valence-electron chi connectivity index (χ4n) is 2.89. The van der Waals surface area contributed by atoms with E-state index < -0.39 is 0 Å². The molecule has 110 valence electrons. The van der Waals surface area contributed by atoms with Crippen LogP contribution < -0.4 is 0 Å². The van der Waals surface area contributed by atoms with E-state index in [9.17, 15) is 4.79 Å². The molecular weight excluding hydrogens is 361 g/mol. The number of carbonyl (C=O) groups excluding carboxylic acids is 1. The number of piperidine rings is 1. The molecule has 20 heavy (non-hydrogen) atoms. The van der Waals surface area contributed by atoms with Crippen LogP contribution in [0.4, 0.5) is 0 Å². The van der Waals surface area contributed by atoms with Gasteiger partial charge in [0.1, 0.15) is 0 Å². The lowest BCUT2D eigenvalue weighted by Gasteiger charge is -2.38. The second-order valence-corrected chi connectivity index (χ2v) is 8.09. The summed E-state index contributed by atoms with van der Waals surface area (Å²) in [7, 11) is 0. The predicted octanol–water partition coefficient (Wildman–Crippen LogP) is 4.23. The average molecular weight is 385 g/mol. The summed E-state index contributed by atoms with van der Waals surface area (Å²) in [6.45, 7) is 9.64. The van der Waals surface area contributed by atoms with E-state index in [-0.39, 0.29) is 5.78 Å². The van der Waals surface area contributed by atoms with Crippen LogP contribution in [0.2, 0.25) is 0 Å². The molecule has 1 aliphatic rings. The number of likely N-dealkylation sites (tertiary alicyclic amines) is 1. The number of Topliss-reactive ketones (excluding diaryl/α,β-unsaturated/α-hetero) is 1. The predicted molar refractivity (Wildman–Crippen MR) is 92.1 cm³/mol. The van der Waals surface area contributed by atoms with E-state index in [1.54, 1.807) is 0 Å². The summed E-state index contributed by atoms with van der Waals surface area (Å²) >= 11 is 2.26. The molecule has 3 heteroatoms. The first-order valence-electron chi connectivity index (χ1n) is 7.37. The fourth-order valence-corrected chi connectivity index (χ4v) is 3.25. The molecule has 1 heterocycles. The zero-order valence-corrected chi connectivity index (χ0v) is 14.8. The molecule has 1 aromatic rings. The Morgan fingerprint density at radius 1 is 1.20 bits per heavy atom. The van der Waals surface area contributed by atoms with Crippen LogP contribution in [0.15, 0.2) is 24.3 Å².